The molecule has 1 aromatic carbocycles. The largest absolute Gasteiger partial charge is 0.438 e. The summed E-state index contributed by atoms with van der Waals surface area (Å²) in [6.07, 6.45) is -4.32. The van der Waals surface area contributed by atoms with Crippen molar-refractivity contribution >= 4 is 22.2 Å². The van der Waals surface area contributed by atoms with E-state index in [4.69, 9.17) is 0 Å². The number of hydrogen-bond donors (Lipinski definition) is 1. The van der Waals surface area contributed by atoms with Gasteiger partial charge < -0.3 is 5.11 Å². The lowest BCUT2D eigenvalue weighted by atomic mass is 10.0. The topological polar surface area (TPSA) is 61.6 Å². The van der Waals surface area contributed by atoms with Crippen LogP contribution in [0.3, 0.4) is 0 Å². The van der Waals surface area contributed by atoms with Gasteiger partial charge in [0.1, 0.15) is 5.82 Å². The minimum atomic E-state index is -4.98. The Labute approximate surface area is 160 Å². The van der Waals surface area contributed by atoms with E-state index in [1.807, 2.05) is 0 Å². The Morgan fingerprint density at radius 3 is 2.46 bits per heavy atom. The molecular formula is C18H12F4N4OS. The van der Waals surface area contributed by atoms with Crippen LogP contribution < -0.4 is 5.01 Å². The van der Waals surface area contributed by atoms with Gasteiger partial charge in [-0.25, -0.2) is 9.37 Å². The Bertz CT molecular complexity index is 1020. The number of hydrogen-bond acceptors (Lipinski definition) is 6. The van der Waals surface area contributed by atoms with Gasteiger partial charge in [0.05, 0.1) is 23.5 Å². The zero-order valence-corrected chi connectivity index (χ0v) is 14.9. The highest BCUT2D eigenvalue weighted by atomic mass is 32.1. The number of hydrazone groups is 1. The van der Waals surface area contributed by atoms with Crippen molar-refractivity contribution in [1.29, 1.82) is 0 Å². The molecule has 3 heterocycles. The van der Waals surface area contributed by atoms with E-state index in [1.54, 1.807) is 12.1 Å². The maximum atomic E-state index is 13.7. The smallest absolute Gasteiger partial charge is 0.362 e. The molecule has 0 saturated heterocycles. The number of pyridine rings is 1. The molecule has 0 bridgehead atoms. The average Bonchev–Trinajstić information content (AvgIpc) is 3.28. The summed E-state index contributed by atoms with van der Waals surface area (Å²) in [5.74, 6) is -0.435. The summed E-state index contributed by atoms with van der Waals surface area (Å²) in [6, 6.07) is 10.2. The van der Waals surface area contributed by atoms with Crippen LogP contribution in [0, 0.1) is 5.82 Å². The van der Waals surface area contributed by atoms with E-state index in [9.17, 15) is 22.7 Å². The predicted octanol–water partition coefficient (Wildman–Crippen LogP) is 4.21. The van der Waals surface area contributed by atoms with Crippen molar-refractivity contribution in [3.63, 3.8) is 0 Å². The normalized spacial score (nSPS) is 19.8. The SMILES string of the molecule is OC1(C(F)(F)F)CC(c2ccccn2)=NN1c1nc(-c2ccc(F)cc2)cs1. The fourth-order valence-electron chi connectivity index (χ4n) is 2.76. The van der Waals surface area contributed by atoms with E-state index in [0.29, 0.717) is 16.3 Å². The monoisotopic (exact) mass is 408 g/mol. The molecule has 10 heteroatoms. The van der Waals surface area contributed by atoms with Crippen molar-refractivity contribution in [2.75, 3.05) is 5.01 Å². The van der Waals surface area contributed by atoms with Crippen LogP contribution in [0.2, 0.25) is 0 Å². The number of nitrogens with zero attached hydrogens (tertiary/aromatic N) is 4. The van der Waals surface area contributed by atoms with Gasteiger partial charge in [0.2, 0.25) is 5.13 Å². The van der Waals surface area contributed by atoms with E-state index in [1.165, 1.54) is 41.9 Å². The lowest BCUT2D eigenvalue weighted by Gasteiger charge is -2.32. The quantitative estimate of drug-likeness (QED) is 0.660. The zero-order valence-electron chi connectivity index (χ0n) is 14.1. The first-order chi connectivity index (χ1) is 13.3. The van der Waals surface area contributed by atoms with Crippen molar-refractivity contribution in [2.24, 2.45) is 5.10 Å². The van der Waals surface area contributed by atoms with Gasteiger partial charge in [0.15, 0.2) is 0 Å². The summed E-state index contributed by atoms with van der Waals surface area (Å²) in [7, 11) is 0. The Balaban J connectivity index is 1.75. The fourth-order valence-corrected chi connectivity index (χ4v) is 3.61. The molecule has 1 N–H and O–H groups in total. The predicted molar refractivity (Wildman–Crippen MR) is 96.4 cm³/mol. The van der Waals surface area contributed by atoms with Gasteiger partial charge in [-0.3, -0.25) is 4.98 Å². The molecule has 144 valence electrons. The van der Waals surface area contributed by atoms with Gasteiger partial charge in [-0.2, -0.15) is 23.3 Å². The molecule has 2 aromatic heterocycles. The molecule has 5 nitrogen and oxygen atoms in total. The van der Waals surface area contributed by atoms with Gasteiger partial charge in [-0.15, -0.1) is 11.3 Å². The molecule has 1 aliphatic heterocycles. The number of aliphatic hydroxyl groups is 1. The van der Waals surface area contributed by atoms with Crippen molar-refractivity contribution in [1.82, 2.24) is 9.97 Å². The molecular weight excluding hydrogens is 396 g/mol. The van der Waals surface area contributed by atoms with Crippen LogP contribution in [0.25, 0.3) is 11.3 Å². The van der Waals surface area contributed by atoms with E-state index in [0.717, 1.165) is 11.3 Å². The highest BCUT2D eigenvalue weighted by Gasteiger charge is 2.62. The van der Waals surface area contributed by atoms with Crippen molar-refractivity contribution < 1.29 is 22.7 Å². The molecule has 3 aromatic rings. The number of alkyl halides is 3. The van der Waals surface area contributed by atoms with E-state index in [2.05, 4.69) is 15.1 Å². The second-order valence-corrected chi connectivity index (χ2v) is 6.92. The summed E-state index contributed by atoms with van der Waals surface area (Å²) in [5.41, 5.74) is -2.11. The van der Waals surface area contributed by atoms with E-state index >= 15 is 0 Å². The Kier molecular flexibility index (Phi) is 4.39. The maximum Gasteiger partial charge on any atom is 0.438 e. The Hall–Kier alpha value is -2.85. The number of halogens is 4. The number of thiazole rings is 1. The third-order valence-corrected chi connectivity index (χ3v) is 5.03. The summed E-state index contributed by atoms with van der Waals surface area (Å²) >= 11 is 0.895. The average molecular weight is 408 g/mol. The van der Waals surface area contributed by atoms with Gasteiger partial charge in [-0.1, -0.05) is 6.07 Å². The van der Waals surface area contributed by atoms with E-state index in [-0.39, 0.29) is 16.5 Å². The third-order valence-electron chi connectivity index (χ3n) is 4.21. The minimum Gasteiger partial charge on any atom is -0.362 e. The number of rotatable bonds is 3. The van der Waals surface area contributed by atoms with Crippen LogP contribution in [0.5, 0.6) is 0 Å². The third kappa shape index (κ3) is 3.14. The van der Waals surface area contributed by atoms with E-state index < -0.39 is 24.1 Å². The van der Waals surface area contributed by atoms with Gasteiger partial charge in [0.25, 0.3) is 5.72 Å². The first-order valence-corrected chi connectivity index (χ1v) is 8.95. The van der Waals surface area contributed by atoms with Crippen LogP contribution >= 0.6 is 11.3 Å². The summed E-state index contributed by atoms with van der Waals surface area (Å²) in [5, 5.41) is 16.3. The van der Waals surface area contributed by atoms with Crippen molar-refractivity contribution in [3.8, 4) is 11.3 Å². The Morgan fingerprint density at radius 1 is 1.07 bits per heavy atom. The molecule has 4 rings (SSSR count). The number of anilines is 1. The molecule has 0 radical (unpaired) electrons. The van der Waals surface area contributed by atoms with Crippen LogP contribution in [-0.2, 0) is 0 Å². The molecule has 0 aliphatic carbocycles. The Morgan fingerprint density at radius 2 is 1.82 bits per heavy atom. The summed E-state index contributed by atoms with van der Waals surface area (Å²) in [4.78, 5) is 8.17. The maximum absolute atomic E-state index is 13.7. The molecule has 1 atom stereocenters. The molecule has 0 spiro atoms. The second-order valence-electron chi connectivity index (χ2n) is 6.09. The van der Waals surface area contributed by atoms with Gasteiger partial charge >= 0.3 is 6.18 Å². The zero-order chi connectivity index (χ0) is 19.9. The molecule has 1 aliphatic rings. The van der Waals surface area contributed by atoms with Crippen LogP contribution in [-0.4, -0.2) is 32.7 Å². The summed E-state index contributed by atoms with van der Waals surface area (Å²) in [6.45, 7) is 0. The fraction of sp³-hybridized carbons (Fsp3) is 0.167. The lowest BCUT2D eigenvalue weighted by Crippen LogP contribution is -2.55. The van der Waals surface area contributed by atoms with Crippen LogP contribution in [0.4, 0.5) is 22.7 Å². The minimum absolute atomic E-state index is 0.000966. The first-order valence-electron chi connectivity index (χ1n) is 8.08. The van der Waals surface area contributed by atoms with Crippen molar-refractivity contribution in [2.45, 2.75) is 18.3 Å². The van der Waals surface area contributed by atoms with Crippen molar-refractivity contribution in [3.05, 3.63) is 65.6 Å². The standard InChI is InChI=1S/C18H12F4N4OS/c19-12-6-4-11(5-7-12)15-10-28-16(24-15)26-17(27,18(20,21)22)9-14(25-26)13-3-1-2-8-23-13/h1-8,10,27H,9H2. The highest BCUT2D eigenvalue weighted by molar-refractivity contribution is 7.14. The van der Waals surface area contributed by atoms with Crippen LogP contribution in [0.15, 0.2) is 59.1 Å². The molecule has 1 unspecified atom stereocenters. The number of aromatic nitrogens is 2. The van der Waals surface area contributed by atoms with Gasteiger partial charge in [-0.05, 0) is 36.4 Å². The molecule has 0 amide bonds. The first kappa shape index (κ1) is 18.5. The molecule has 28 heavy (non-hydrogen) atoms. The highest BCUT2D eigenvalue weighted by Crippen LogP contribution is 2.44. The number of benzene rings is 1. The van der Waals surface area contributed by atoms with Gasteiger partial charge in [0, 0.05) is 17.1 Å². The lowest BCUT2D eigenvalue weighted by molar-refractivity contribution is -0.254. The van der Waals surface area contributed by atoms with Crippen LogP contribution in [0.1, 0.15) is 12.1 Å². The molecule has 0 saturated carbocycles. The molecule has 0 fully saturated rings. The second kappa shape index (κ2) is 6.64. The summed E-state index contributed by atoms with van der Waals surface area (Å²) < 4.78 is 54.2.